The summed E-state index contributed by atoms with van der Waals surface area (Å²) in [7, 11) is 0. The highest BCUT2D eigenvalue weighted by molar-refractivity contribution is 4.93. The molecule has 1 aliphatic heterocycles. The van der Waals surface area contributed by atoms with E-state index < -0.39 is 0 Å². The minimum Gasteiger partial charge on any atom is -0.338 e. The molecule has 0 aliphatic carbocycles. The zero-order chi connectivity index (χ0) is 13.7. The lowest BCUT2D eigenvalue weighted by Crippen LogP contribution is -2.47. The van der Waals surface area contributed by atoms with Crippen molar-refractivity contribution in [2.24, 2.45) is 0 Å². The molecule has 1 saturated heterocycles. The highest BCUT2D eigenvalue weighted by Crippen LogP contribution is 2.20. The molecule has 0 radical (unpaired) electrons. The molecule has 0 aromatic carbocycles. The molecule has 0 bridgehead atoms. The number of hydrogen-bond donors (Lipinski definition) is 0. The second kappa shape index (κ2) is 7.01. The Bertz CT molecular complexity index is 371. The van der Waals surface area contributed by atoms with E-state index >= 15 is 0 Å². The maximum Gasteiger partial charge on any atom is 0.243 e. The Balaban J connectivity index is 1.87. The zero-order valence-electron chi connectivity index (χ0n) is 12.4. The van der Waals surface area contributed by atoms with E-state index in [1.165, 1.54) is 13.0 Å². The summed E-state index contributed by atoms with van der Waals surface area (Å²) in [6.07, 6.45) is 3.20. The van der Waals surface area contributed by atoms with Gasteiger partial charge in [0, 0.05) is 32.6 Å². The first kappa shape index (κ1) is 14.5. The van der Waals surface area contributed by atoms with Crippen molar-refractivity contribution in [3.8, 4) is 0 Å². The Morgan fingerprint density at radius 1 is 1.16 bits per heavy atom. The van der Waals surface area contributed by atoms with Crippen LogP contribution in [0.3, 0.4) is 0 Å². The van der Waals surface area contributed by atoms with E-state index in [-0.39, 0.29) is 6.04 Å². The molecule has 108 valence electrons. The summed E-state index contributed by atoms with van der Waals surface area (Å²) >= 11 is 0. The fraction of sp³-hybridized carbons (Fsp3) is 0.857. The number of hydrogen-bond acceptors (Lipinski definition) is 5. The van der Waals surface area contributed by atoms with Crippen LogP contribution in [-0.2, 0) is 6.42 Å². The molecule has 5 nitrogen and oxygen atoms in total. The summed E-state index contributed by atoms with van der Waals surface area (Å²) < 4.78 is 5.39. The van der Waals surface area contributed by atoms with Gasteiger partial charge in [0.2, 0.25) is 5.89 Å². The number of nitrogens with zero attached hydrogens (tertiary/aromatic N) is 4. The maximum absolute atomic E-state index is 5.39. The van der Waals surface area contributed by atoms with E-state index in [1.807, 2.05) is 0 Å². The van der Waals surface area contributed by atoms with Crippen molar-refractivity contribution in [3.63, 3.8) is 0 Å². The fourth-order valence-electron chi connectivity index (χ4n) is 2.61. The predicted octanol–water partition coefficient (Wildman–Crippen LogP) is 2.11. The zero-order valence-corrected chi connectivity index (χ0v) is 12.4. The van der Waals surface area contributed by atoms with E-state index in [0.29, 0.717) is 0 Å². The molecular formula is C14H26N4O. The minimum atomic E-state index is 0.238. The van der Waals surface area contributed by atoms with Gasteiger partial charge in [-0.1, -0.05) is 19.0 Å². The molecule has 0 unspecified atom stereocenters. The van der Waals surface area contributed by atoms with Crippen LogP contribution in [0.15, 0.2) is 4.52 Å². The smallest absolute Gasteiger partial charge is 0.243 e. The fourth-order valence-corrected chi connectivity index (χ4v) is 2.61. The molecule has 1 aliphatic rings. The summed E-state index contributed by atoms with van der Waals surface area (Å²) in [5, 5.41) is 4.04. The van der Waals surface area contributed by atoms with Crippen molar-refractivity contribution in [1.29, 1.82) is 0 Å². The second-order valence-corrected chi connectivity index (χ2v) is 5.35. The summed E-state index contributed by atoms with van der Waals surface area (Å²) in [4.78, 5) is 9.46. The van der Waals surface area contributed by atoms with Gasteiger partial charge in [-0.25, -0.2) is 0 Å². The summed E-state index contributed by atoms with van der Waals surface area (Å²) in [6.45, 7) is 12.2. The molecule has 2 rings (SSSR count). The molecule has 19 heavy (non-hydrogen) atoms. The van der Waals surface area contributed by atoms with E-state index in [2.05, 4.69) is 40.7 Å². The van der Waals surface area contributed by atoms with Crippen molar-refractivity contribution in [2.45, 2.75) is 46.1 Å². The van der Waals surface area contributed by atoms with Crippen LogP contribution in [0.2, 0.25) is 0 Å². The molecule has 0 saturated carbocycles. The van der Waals surface area contributed by atoms with Crippen LogP contribution >= 0.6 is 0 Å². The third-order valence-electron chi connectivity index (χ3n) is 3.81. The van der Waals surface area contributed by atoms with Gasteiger partial charge >= 0.3 is 0 Å². The summed E-state index contributed by atoms with van der Waals surface area (Å²) in [5.41, 5.74) is 0. The van der Waals surface area contributed by atoms with Gasteiger partial charge in [0.1, 0.15) is 0 Å². The van der Waals surface area contributed by atoms with E-state index in [1.54, 1.807) is 0 Å². The Morgan fingerprint density at radius 3 is 2.53 bits per heavy atom. The Kier molecular flexibility index (Phi) is 5.34. The van der Waals surface area contributed by atoms with Crippen molar-refractivity contribution in [3.05, 3.63) is 11.7 Å². The van der Waals surface area contributed by atoms with Crippen LogP contribution in [0.1, 0.15) is 51.4 Å². The first-order valence-corrected chi connectivity index (χ1v) is 7.53. The first-order valence-electron chi connectivity index (χ1n) is 7.53. The highest BCUT2D eigenvalue weighted by atomic mass is 16.5. The quantitative estimate of drug-likeness (QED) is 0.789. The van der Waals surface area contributed by atoms with Gasteiger partial charge < -0.3 is 9.42 Å². The van der Waals surface area contributed by atoms with Crippen molar-refractivity contribution in [2.75, 3.05) is 32.7 Å². The SMILES string of the molecule is CCCc1noc([C@H](C)N2CCN(CCC)CC2)n1. The van der Waals surface area contributed by atoms with E-state index in [4.69, 9.17) is 4.52 Å². The van der Waals surface area contributed by atoms with Crippen molar-refractivity contribution < 1.29 is 4.52 Å². The normalized spacial score (nSPS) is 19.7. The molecule has 1 atom stereocenters. The van der Waals surface area contributed by atoms with Gasteiger partial charge in [-0.3, -0.25) is 4.90 Å². The number of rotatable bonds is 6. The van der Waals surface area contributed by atoms with Crippen LogP contribution in [0, 0.1) is 0 Å². The molecule has 1 aromatic heterocycles. The Hall–Kier alpha value is -0.940. The average molecular weight is 266 g/mol. The minimum absolute atomic E-state index is 0.238. The van der Waals surface area contributed by atoms with Gasteiger partial charge in [0.25, 0.3) is 0 Å². The molecule has 1 aromatic rings. The van der Waals surface area contributed by atoms with Crippen LogP contribution in [-0.4, -0.2) is 52.7 Å². The number of aromatic nitrogens is 2. The molecule has 1 fully saturated rings. The lowest BCUT2D eigenvalue weighted by molar-refractivity contribution is 0.0884. The molecule has 0 N–H and O–H groups in total. The van der Waals surface area contributed by atoms with Crippen molar-refractivity contribution in [1.82, 2.24) is 19.9 Å². The summed E-state index contributed by atoms with van der Waals surface area (Å²) in [5.74, 6) is 1.61. The molecular weight excluding hydrogens is 240 g/mol. The number of piperazine rings is 1. The number of aryl methyl sites for hydroxylation is 1. The molecule has 0 amide bonds. The maximum atomic E-state index is 5.39. The van der Waals surface area contributed by atoms with Gasteiger partial charge in [0.05, 0.1) is 6.04 Å². The van der Waals surface area contributed by atoms with Crippen LogP contribution in [0.5, 0.6) is 0 Å². The van der Waals surface area contributed by atoms with Crippen LogP contribution < -0.4 is 0 Å². The monoisotopic (exact) mass is 266 g/mol. The predicted molar refractivity (Wildman–Crippen MR) is 75.0 cm³/mol. The molecule has 0 spiro atoms. The standard InChI is InChI=1S/C14H26N4O/c1-4-6-13-15-14(19-16-13)12(3)18-10-8-17(7-5-2)9-11-18/h12H,4-11H2,1-3H3/t12-/m0/s1. The average Bonchev–Trinajstić information content (AvgIpc) is 2.88. The van der Waals surface area contributed by atoms with Gasteiger partial charge in [-0.2, -0.15) is 4.98 Å². The largest absolute Gasteiger partial charge is 0.338 e. The lowest BCUT2D eigenvalue weighted by Gasteiger charge is -2.36. The Labute approximate surface area is 116 Å². The van der Waals surface area contributed by atoms with Gasteiger partial charge in [-0.15, -0.1) is 0 Å². The molecule has 2 heterocycles. The van der Waals surface area contributed by atoms with Crippen LogP contribution in [0.4, 0.5) is 0 Å². The summed E-state index contributed by atoms with van der Waals surface area (Å²) in [6, 6.07) is 0.238. The molecule has 5 heteroatoms. The van der Waals surface area contributed by atoms with Gasteiger partial charge in [-0.05, 0) is 26.3 Å². The highest BCUT2D eigenvalue weighted by Gasteiger charge is 2.25. The topological polar surface area (TPSA) is 45.4 Å². The Morgan fingerprint density at radius 2 is 1.89 bits per heavy atom. The van der Waals surface area contributed by atoms with Crippen LogP contribution in [0.25, 0.3) is 0 Å². The van der Waals surface area contributed by atoms with E-state index in [0.717, 1.165) is 50.7 Å². The van der Waals surface area contributed by atoms with Gasteiger partial charge in [0.15, 0.2) is 5.82 Å². The third-order valence-corrected chi connectivity index (χ3v) is 3.81. The first-order chi connectivity index (χ1) is 9.24. The van der Waals surface area contributed by atoms with E-state index in [9.17, 15) is 0 Å². The third kappa shape index (κ3) is 3.76. The lowest BCUT2D eigenvalue weighted by atomic mass is 10.2. The second-order valence-electron chi connectivity index (χ2n) is 5.35. The van der Waals surface area contributed by atoms with Crippen molar-refractivity contribution >= 4 is 0 Å².